The summed E-state index contributed by atoms with van der Waals surface area (Å²) in [5, 5.41) is 0. The van der Waals surface area contributed by atoms with E-state index >= 15 is 0 Å². The number of nitrogens with two attached hydrogens (primary N) is 1. The molecule has 2 fully saturated rings. The molecule has 1 spiro atoms. The third-order valence-corrected chi connectivity index (χ3v) is 5.61. The van der Waals surface area contributed by atoms with Crippen LogP contribution in [0.25, 0.3) is 0 Å². The number of benzene rings is 1. The van der Waals surface area contributed by atoms with Crippen LogP contribution in [0.15, 0.2) is 18.2 Å². The van der Waals surface area contributed by atoms with Crippen molar-refractivity contribution in [2.24, 2.45) is 11.7 Å². The van der Waals surface area contributed by atoms with Crippen molar-refractivity contribution in [3.8, 4) is 0 Å². The van der Waals surface area contributed by atoms with Crippen LogP contribution in [0.5, 0.6) is 0 Å². The zero-order valence-corrected chi connectivity index (χ0v) is 12.6. The second-order valence-corrected chi connectivity index (χ2v) is 6.99. The third-order valence-electron chi connectivity index (χ3n) is 5.61. The van der Waals surface area contributed by atoms with E-state index in [1.165, 1.54) is 36.0 Å². The van der Waals surface area contributed by atoms with Crippen LogP contribution in [0.3, 0.4) is 0 Å². The Morgan fingerprint density at radius 2 is 2.10 bits per heavy atom. The molecule has 3 atom stereocenters. The first-order valence-electron chi connectivity index (χ1n) is 8.35. The third kappa shape index (κ3) is 2.52. The molecule has 2 aliphatic heterocycles. The van der Waals surface area contributed by atoms with Gasteiger partial charge in [-0.3, -0.25) is 0 Å². The summed E-state index contributed by atoms with van der Waals surface area (Å²) in [5.41, 5.74) is 10.9. The number of hydrogen-bond acceptors (Lipinski definition) is 3. The molecule has 1 aliphatic carbocycles. The molecule has 0 bridgehead atoms. The molecule has 2 heterocycles. The highest BCUT2D eigenvalue weighted by Crippen LogP contribution is 2.40. The Morgan fingerprint density at radius 3 is 2.95 bits per heavy atom. The summed E-state index contributed by atoms with van der Waals surface area (Å²) in [6.45, 7) is 2.41. The number of rotatable bonds is 2. The van der Waals surface area contributed by atoms with Gasteiger partial charge in [-0.1, -0.05) is 18.2 Å². The van der Waals surface area contributed by atoms with Crippen molar-refractivity contribution in [3.63, 3.8) is 0 Å². The van der Waals surface area contributed by atoms with E-state index in [4.69, 9.17) is 15.2 Å². The van der Waals surface area contributed by atoms with Gasteiger partial charge >= 0.3 is 0 Å². The quantitative estimate of drug-likeness (QED) is 0.909. The van der Waals surface area contributed by atoms with Crippen molar-refractivity contribution < 1.29 is 9.47 Å². The van der Waals surface area contributed by atoms with Crippen molar-refractivity contribution in [1.29, 1.82) is 0 Å². The first kappa shape index (κ1) is 13.7. The maximum absolute atomic E-state index is 6.62. The van der Waals surface area contributed by atoms with E-state index in [2.05, 4.69) is 18.2 Å². The highest BCUT2D eigenvalue weighted by Gasteiger charge is 2.42. The lowest BCUT2D eigenvalue weighted by atomic mass is 9.79. The molecule has 0 amide bonds. The van der Waals surface area contributed by atoms with Crippen LogP contribution in [0.4, 0.5) is 0 Å². The van der Waals surface area contributed by atoms with E-state index in [0.29, 0.717) is 5.92 Å². The van der Waals surface area contributed by atoms with Crippen LogP contribution in [-0.4, -0.2) is 25.4 Å². The average molecular weight is 287 g/mol. The highest BCUT2D eigenvalue weighted by atomic mass is 16.6. The summed E-state index contributed by atoms with van der Waals surface area (Å²) in [6.07, 6.45) is 6.90. The smallest absolute Gasteiger partial charge is 0.0940 e. The van der Waals surface area contributed by atoms with Gasteiger partial charge in [-0.05, 0) is 54.7 Å². The van der Waals surface area contributed by atoms with Gasteiger partial charge in [0.25, 0.3) is 0 Å². The van der Waals surface area contributed by atoms with E-state index in [1.807, 2.05) is 0 Å². The molecule has 3 nitrogen and oxygen atoms in total. The van der Waals surface area contributed by atoms with Gasteiger partial charge in [0.1, 0.15) is 0 Å². The number of ether oxygens (including phenoxy) is 2. The highest BCUT2D eigenvalue weighted by molar-refractivity contribution is 5.36. The van der Waals surface area contributed by atoms with Gasteiger partial charge in [0.15, 0.2) is 0 Å². The van der Waals surface area contributed by atoms with Gasteiger partial charge in [0.2, 0.25) is 0 Å². The molecule has 3 heteroatoms. The summed E-state index contributed by atoms with van der Waals surface area (Å²) in [7, 11) is 0. The van der Waals surface area contributed by atoms with E-state index in [1.54, 1.807) is 0 Å². The normalized spacial score (nSPS) is 33.3. The Kier molecular flexibility index (Phi) is 3.52. The summed E-state index contributed by atoms with van der Waals surface area (Å²) in [5.74, 6) is 0.514. The first-order valence-corrected chi connectivity index (χ1v) is 8.35. The minimum Gasteiger partial charge on any atom is -0.378 e. The lowest BCUT2D eigenvalue weighted by Gasteiger charge is -2.39. The molecule has 2 saturated heterocycles. The molecule has 0 aromatic heterocycles. The van der Waals surface area contributed by atoms with Crippen LogP contribution in [-0.2, 0) is 22.3 Å². The van der Waals surface area contributed by atoms with Crippen LogP contribution in [0, 0.1) is 5.92 Å². The lowest BCUT2D eigenvalue weighted by molar-refractivity contribution is -0.101. The van der Waals surface area contributed by atoms with Crippen molar-refractivity contribution in [3.05, 3.63) is 34.9 Å². The van der Waals surface area contributed by atoms with Crippen LogP contribution >= 0.6 is 0 Å². The molecule has 3 aliphatic rings. The van der Waals surface area contributed by atoms with E-state index < -0.39 is 0 Å². The zero-order valence-electron chi connectivity index (χ0n) is 12.6. The topological polar surface area (TPSA) is 44.5 Å². The summed E-state index contributed by atoms with van der Waals surface area (Å²) in [4.78, 5) is 0. The fraction of sp³-hybridized carbons (Fsp3) is 0.667. The Labute approximate surface area is 126 Å². The molecule has 21 heavy (non-hydrogen) atoms. The molecule has 2 N–H and O–H groups in total. The predicted molar refractivity (Wildman–Crippen MR) is 82.2 cm³/mol. The van der Waals surface area contributed by atoms with Gasteiger partial charge in [0.05, 0.1) is 12.2 Å². The minimum absolute atomic E-state index is 0.0444. The maximum atomic E-state index is 6.62. The molecular weight excluding hydrogens is 262 g/mol. The molecule has 1 aromatic carbocycles. The minimum atomic E-state index is -0.0444. The van der Waals surface area contributed by atoms with E-state index in [0.717, 1.165) is 39.1 Å². The fourth-order valence-electron chi connectivity index (χ4n) is 4.31. The van der Waals surface area contributed by atoms with Gasteiger partial charge in [-0.25, -0.2) is 0 Å². The number of fused-ring (bicyclic) bond motifs is 1. The molecule has 0 saturated carbocycles. The van der Waals surface area contributed by atoms with Crippen molar-refractivity contribution >= 4 is 0 Å². The van der Waals surface area contributed by atoms with Crippen molar-refractivity contribution in [2.45, 2.75) is 50.2 Å². The monoisotopic (exact) mass is 287 g/mol. The predicted octanol–water partition coefficient (Wildman–Crippen LogP) is 2.76. The molecule has 1 aromatic rings. The second-order valence-electron chi connectivity index (χ2n) is 6.99. The first-order chi connectivity index (χ1) is 10.3. The van der Waals surface area contributed by atoms with Crippen LogP contribution in [0.1, 0.15) is 48.4 Å². The Hall–Kier alpha value is -0.900. The number of aryl methyl sites for hydroxylation is 2. The zero-order chi connectivity index (χ0) is 14.3. The lowest BCUT2D eigenvalue weighted by Crippen LogP contribution is -2.43. The van der Waals surface area contributed by atoms with Crippen LogP contribution in [0.2, 0.25) is 0 Å². The van der Waals surface area contributed by atoms with Gasteiger partial charge in [-0.15, -0.1) is 0 Å². The van der Waals surface area contributed by atoms with Gasteiger partial charge < -0.3 is 15.2 Å². The largest absolute Gasteiger partial charge is 0.378 e. The molecule has 0 radical (unpaired) electrons. The molecular formula is C18H25NO2. The summed E-state index contributed by atoms with van der Waals surface area (Å²) < 4.78 is 11.6. The Bertz CT molecular complexity index is 522. The van der Waals surface area contributed by atoms with E-state index in [9.17, 15) is 0 Å². The van der Waals surface area contributed by atoms with Gasteiger partial charge in [-0.2, -0.15) is 0 Å². The Morgan fingerprint density at radius 1 is 1.19 bits per heavy atom. The summed E-state index contributed by atoms with van der Waals surface area (Å²) in [6, 6.07) is 7.05. The van der Waals surface area contributed by atoms with Crippen molar-refractivity contribution in [2.75, 3.05) is 19.8 Å². The molecule has 4 rings (SSSR count). The molecule has 114 valence electrons. The maximum Gasteiger partial charge on any atom is 0.0940 e. The van der Waals surface area contributed by atoms with E-state index in [-0.39, 0.29) is 11.6 Å². The van der Waals surface area contributed by atoms with Crippen LogP contribution < -0.4 is 5.73 Å². The Balaban J connectivity index is 1.52. The van der Waals surface area contributed by atoms with Crippen molar-refractivity contribution in [1.82, 2.24) is 0 Å². The standard InChI is InChI=1S/C18H25NO2/c19-17(15-5-4-13-2-1-3-14(13)10-15)16-6-8-21-18(11-16)7-9-20-12-18/h4-5,10,16-17H,1-3,6-9,11-12,19H2. The number of hydrogen-bond donors (Lipinski definition) is 1. The molecule has 3 unspecified atom stereocenters. The SMILES string of the molecule is NC(c1ccc2c(c1)CCC2)C1CCOC2(CCOC2)C1. The fourth-order valence-corrected chi connectivity index (χ4v) is 4.31. The second kappa shape index (κ2) is 5.38. The summed E-state index contributed by atoms with van der Waals surface area (Å²) >= 11 is 0. The average Bonchev–Trinajstić information content (AvgIpc) is 3.15. The van der Waals surface area contributed by atoms with Gasteiger partial charge in [0, 0.05) is 25.7 Å².